The number of nitrogens with zero attached hydrogens (tertiary/aromatic N) is 2. The highest BCUT2D eigenvalue weighted by atomic mass is 15.2. The Bertz CT molecular complexity index is 662. The van der Waals surface area contributed by atoms with E-state index in [4.69, 9.17) is 0 Å². The van der Waals surface area contributed by atoms with Crippen molar-refractivity contribution < 1.29 is 0 Å². The molecule has 2 aromatic rings. The van der Waals surface area contributed by atoms with E-state index in [1.807, 2.05) is 19.4 Å². The van der Waals surface area contributed by atoms with Crippen LogP contribution in [0.5, 0.6) is 0 Å². The summed E-state index contributed by atoms with van der Waals surface area (Å²) < 4.78 is 0. The van der Waals surface area contributed by atoms with Gasteiger partial charge < -0.3 is 10.6 Å². The van der Waals surface area contributed by atoms with Crippen LogP contribution in [0.2, 0.25) is 0 Å². The Kier molecular flexibility index (Phi) is 6.79. The van der Waals surface area contributed by atoms with Crippen molar-refractivity contribution in [1.82, 2.24) is 15.6 Å². The van der Waals surface area contributed by atoms with Gasteiger partial charge in [0.05, 0.1) is 0 Å². The maximum Gasteiger partial charge on any atom is 0.191 e. The summed E-state index contributed by atoms with van der Waals surface area (Å²) in [5.41, 5.74) is 5.19. The molecular formula is C20H28N4. The summed E-state index contributed by atoms with van der Waals surface area (Å²) in [6, 6.07) is 10.8. The number of benzene rings is 1. The molecule has 4 nitrogen and oxygen atoms in total. The lowest BCUT2D eigenvalue weighted by Crippen LogP contribution is -2.40. The molecule has 2 N–H and O–H groups in total. The van der Waals surface area contributed by atoms with Gasteiger partial charge in [0.2, 0.25) is 0 Å². The molecule has 0 spiro atoms. The summed E-state index contributed by atoms with van der Waals surface area (Å²) in [5.74, 6) is 1.28. The van der Waals surface area contributed by atoms with E-state index in [-0.39, 0.29) is 0 Å². The highest BCUT2D eigenvalue weighted by Gasteiger charge is 2.06. The Morgan fingerprint density at radius 1 is 1.12 bits per heavy atom. The average molecular weight is 324 g/mol. The number of nitrogens with one attached hydrogen (secondary N) is 2. The number of aliphatic imine (C=N–C) groups is 1. The molecule has 0 aliphatic carbocycles. The molecule has 0 radical (unpaired) electrons. The Balaban J connectivity index is 1.78. The van der Waals surface area contributed by atoms with Crippen molar-refractivity contribution in [3.63, 3.8) is 0 Å². The van der Waals surface area contributed by atoms with E-state index in [1.54, 1.807) is 0 Å². The number of aromatic nitrogens is 1. The minimum Gasteiger partial charge on any atom is -0.356 e. The van der Waals surface area contributed by atoms with Crippen LogP contribution in [0.3, 0.4) is 0 Å². The van der Waals surface area contributed by atoms with Crippen LogP contribution in [-0.2, 0) is 6.42 Å². The summed E-state index contributed by atoms with van der Waals surface area (Å²) in [6.07, 6.45) is 4.72. The first-order valence-corrected chi connectivity index (χ1v) is 8.50. The summed E-state index contributed by atoms with van der Waals surface area (Å²) in [4.78, 5) is 8.43. The van der Waals surface area contributed by atoms with Gasteiger partial charge in [0.15, 0.2) is 5.96 Å². The van der Waals surface area contributed by atoms with Gasteiger partial charge in [0.1, 0.15) is 0 Å². The second kappa shape index (κ2) is 9.06. The third-order valence-corrected chi connectivity index (χ3v) is 4.27. The van der Waals surface area contributed by atoms with E-state index in [9.17, 15) is 0 Å². The van der Waals surface area contributed by atoms with Gasteiger partial charge in [-0.3, -0.25) is 9.98 Å². The number of pyridine rings is 1. The quantitative estimate of drug-likeness (QED) is 0.634. The van der Waals surface area contributed by atoms with Crippen LogP contribution in [0.25, 0.3) is 0 Å². The van der Waals surface area contributed by atoms with Crippen molar-refractivity contribution in [2.24, 2.45) is 4.99 Å². The summed E-state index contributed by atoms with van der Waals surface area (Å²) >= 11 is 0. The molecule has 1 aromatic carbocycles. The minimum absolute atomic E-state index is 0.437. The molecule has 0 aliphatic rings. The molecule has 24 heavy (non-hydrogen) atoms. The molecule has 0 fully saturated rings. The van der Waals surface area contributed by atoms with Gasteiger partial charge in [-0.2, -0.15) is 0 Å². The first-order chi connectivity index (χ1) is 11.6. The summed E-state index contributed by atoms with van der Waals surface area (Å²) in [6.45, 7) is 8.15. The first kappa shape index (κ1) is 18.0. The van der Waals surface area contributed by atoms with Crippen LogP contribution >= 0.6 is 0 Å². The monoisotopic (exact) mass is 324 g/mol. The van der Waals surface area contributed by atoms with Gasteiger partial charge in [-0.1, -0.05) is 36.8 Å². The van der Waals surface area contributed by atoms with Gasteiger partial charge in [0.25, 0.3) is 0 Å². The summed E-state index contributed by atoms with van der Waals surface area (Å²) in [7, 11) is 1.81. The molecule has 2 rings (SSSR count). The van der Waals surface area contributed by atoms with Crippen LogP contribution in [0, 0.1) is 13.8 Å². The predicted molar refractivity (Wildman–Crippen MR) is 102 cm³/mol. The lowest BCUT2D eigenvalue weighted by Gasteiger charge is -2.17. The summed E-state index contributed by atoms with van der Waals surface area (Å²) in [5, 5.41) is 6.79. The van der Waals surface area contributed by atoms with E-state index < -0.39 is 0 Å². The van der Waals surface area contributed by atoms with Crippen LogP contribution in [0.1, 0.15) is 35.1 Å². The van der Waals surface area contributed by atoms with Crippen LogP contribution in [0.15, 0.2) is 47.7 Å². The molecule has 128 valence electrons. The zero-order valence-corrected chi connectivity index (χ0v) is 15.1. The van der Waals surface area contributed by atoms with E-state index in [2.05, 4.69) is 71.7 Å². The normalized spacial score (nSPS) is 12.8. The van der Waals surface area contributed by atoms with Crippen LogP contribution in [-0.4, -0.2) is 31.1 Å². The van der Waals surface area contributed by atoms with Gasteiger partial charge in [-0.25, -0.2) is 0 Å². The molecule has 0 amide bonds. The molecule has 1 aromatic heterocycles. The van der Waals surface area contributed by atoms with Crippen molar-refractivity contribution in [2.75, 3.05) is 20.1 Å². The van der Waals surface area contributed by atoms with Crippen molar-refractivity contribution in [1.29, 1.82) is 0 Å². The minimum atomic E-state index is 0.437. The fourth-order valence-corrected chi connectivity index (χ4v) is 2.58. The number of rotatable bonds is 6. The molecular weight excluding hydrogens is 296 g/mol. The number of hydrogen-bond donors (Lipinski definition) is 2. The van der Waals surface area contributed by atoms with Crippen molar-refractivity contribution >= 4 is 5.96 Å². The van der Waals surface area contributed by atoms with E-state index >= 15 is 0 Å². The number of aryl methyl sites for hydroxylation is 2. The topological polar surface area (TPSA) is 49.3 Å². The van der Waals surface area contributed by atoms with Gasteiger partial charge in [0, 0.05) is 32.5 Å². The molecule has 0 saturated carbocycles. The Labute approximate surface area is 145 Å². The maximum absolute atomic E-state index is 4.30. The Morgan fingerprint density at radius 3 is 2.54 bits per heavy atom. The molecule has 1 atom stereocenters. The van der Waals surface area contributed by atoms with E-state index in [0.717, 1.165) is 25.5 Å². The van der Waals surface area contributed by atoms with Crippen molar-refractivity contribution in [3.8, 4) is 0 Å². The highest BCUT2D eigenvalue weighted by Crippen LogP contribution is 2.14. The first-order valence-electron chi connectivity index (χ1n) is 8.50. The number of hydrogen-bond acceptors (Lipinski definition) is 2. The fourth-order valence-electron chi connectivity index (χ4n) is 2.58. The lowest BCUT2D eigenvalue weighted by atomic mass is 10.0. The van der Waals surface area contributed by atoms with Crippen molar-refractivity contribution in [3.05, 3.63) is 65.0 Å². The maximum atomic E-state index is 4.30. The zero-order chi connectivity index (χ0) is 17.4. The smallest absolute Gasteiger partial charge is 0.191 e. The molecule has 1 heterocycles. The SMILES string of the molecule is CN=C(NCCc1ccncc1C)NCC(C)c1ccc(C)cc1. The zero-order valence-electron chi connectivity index (χ0n) is 15.1. The Morgan fingerprint density at radius 2 is 1.88 bits per heavy atom. The number of guanidine groups is 1. The second-order valence-electron chi connectivity index (χ2n) is 6.24. The molecule has 0 bridgehead atoms. The van der Waals surface area contributed by atoms with Crippen LogP contribution in [0.4, 0.5) is 0 Å². The molecule has 1 unspecified atom stereocenters. The molecule has 4 heteroatoms. The standard InChI is InChI=1S/C20H28N4/c1-15-5-7-18(8-6-15)17(3)14-24-20(21-4)23-12-10-19-9-11-22-13-16(19)2/h5-9,11,13,17H,10,12,14H2,1-4H3,(H2,21,23,24). The highest BCUT2D eigenvalue weighted by molar-refractivity contribution is 5.79. The van der Waals surface area contributed by atoms with Gasteiger partial charge in [-0.15, -0.1) is 0 Å². The third-order valence-electron chi connectivity index (χ3n) is 4.27. The molecule has 0 saturated heterocycles. The largest absolute Gasteiger partial charge is 0.356 e. The Hall–Kier alpha value is -2.36. The van der Waals surface area contributed by atoms with Gasteiger partial charge in [-0.05, 0) is 48.9 Å². The van der Waals surface area contributed by atoms with Gasteiger partial charge >= 0.3 is 0 Å². The van der Waals surface area contributed by atoms with Crippen LogP contribution < -0.4 is 10.6 Å². The fraction of sp³-hybridized carbons (Fsp3) is 0.400. The predicted octanol–water partition coefficient (Wildman–Crippen LogP) is 3.21. The molecule has 0 aliphatic heterocycles. The van der Waals surface area contributed by atoms with E-state index in [1.165, 1.54) is 22.3 Å². The average Bonchev–Trinajstić information content (AvgIpc) is 2.59. The van der Waals surface area contributed by atoms with Crippen molar-refractivity contribution in [2.45, 2.75) is 33.1 Å². The van der Waals surface area contributed by atoms with E-state index in [0.29, 0.717) is 5.92 Å². The second-order valence-corrected chi connectivity index (χ2v) is 6.24. The lowest BCUT2D eigenvalue weighted by molar-refractivity contribution is 0.697. The third kappa shape index (κ3) is 5.37.